The van der Waals surface area contributed by atoms with Gasteiger partial charge >= 0.3 is 0 Å². The van der Waals surface area contributed by atoms with Crippen LogP contribution >= 0.6 is 11.8 Å². The summed E-state index contributed by atoms with van der Waals surface area (Å²) >= 11 is 1.26. The van der Waals surface area contributed by atoms with Crippen LogP contribution in [0.2, 0.25) is 0 Å². The Balaban J connectivity index is 1.69. The lowest BCUT2D eigenvalue weighted by molar-refractivity contribution is -0.118. The molecule has 7 heteroatoms. The van der Waals surface area contributed by atoms with E-state index in [1.807, 2.05) is 44.4 Å². The molecular weight excluding hydrogens is 396 g/mol. The third kappa shape index (κ3) is 5.17. The van der Waals surface area contributed by atoms with Gasteiger partial charge < -0.3 is 10.2 Å². The minimum absolute atomic E-state index is 0.0814. The second-order valence-corrected chi connectivity index (χ2v) is 8.04. The maximum absolute atomic E-state index is 12.8. The third-order valence-corrected chi connectivity index (χ3v) is 5.75. The molecule has 1 aromatic heterocycles. The number of likely N-dealkylation sites (N-methyl/N-ethyl adjacent to an activating group) is 1. The van der Waals surface area contributed by atoms with Crippen LogP contribution in [0.4, 0.5) is 0 Å². The summed E-state index contributed by atoms with van der Waals surface area (Å²) in [6, 6.07) is 17.4. The van der Waals surface area contributed by atoms with E-state index in [1.165, 1.54) is 11.8 Å². The monoisotopic (exact) mass is 422 g/mol. The van der Waals surface area contributed by atoms with Gasteiger partial charge in [0.15, 0.2) is 5.16 Å². The molecule has 0 aliphatic heterocycles. The fraction of sp³-hybridized carbons (Fsp3) is 0.261. The fourth-order valence-corrected chi connectivity index (χ4v) is 4.05. The molecule has 0 spiro atoms. The van der Waals surface area contributed by atoms with Crippen LogP contribution in [0.15, 0.2) is 77.2 Å². The van der Waals surface area contributed by atoms with Crippen molar-refractivity contribution in [1.29, 1.82) is 0 Å². The summed E-state index contributed by atoms with van der Waals surface area (Å²) in [5, 5.41) is 4.07. The molecule has 0 unspecified atom stereocenters. The predicted molar refractivity (Wildman–Crippen MR) is 123 cm³/mol. The first-order valence-electron chi connectivity index (χ1n) is 9.72. The average molecular weight is 423 g/mol. The van der Waals surface area contributed by atoms with E-state index >= 15 is 0 Å². The van der Waals surface area contributed by atoms with Gasteiger partial charge in [-0.25, -0.2) is 4.98 Å². The molecule has 0 aliphatic carbocycles. The SMILES string of the molecule is C=CCn1c(SCC(=O)NC[C@H](c2ccccc2)N(C)C)nc2ccccc2c1=O. The standard InChI is InChI=1S/C23H26N4O2S/c1-4-14-27-22(29)18-12-8-9-13-19(18)25-23(27)30-16-21(28)24-15-20(26(2)3)17-10-6-5-7-11-17/h4-13,20H,1,14-16H2,2-3H3,(H,24,28)/t20-/m1/s1. The number of carbonyl (C=O) groups is 1. The minimum atomic E-state index is -0.125. The molecule has 0 saturated carbocycles. The van der Waals surface area contributed by atoms with E-state index in [0.717, 1.165) is 5.56 Å². The lowest BCUT2D eigenvalue weighted by Gasteiger charge is -2.25. The van der Waals surface area contributed by atoms with Gasteiger partial charge in [-0.1, -0.05) is 60.3 Å². The largest absolute Gasteiger partial charge is 0.353 e. The maximum atomic E-state index is 12.8. The van der Waals surface area contributed by atoms with Crippen LogP contribution < -0.4 is 10.9 Å². The lowest BCUT2D eigenvalue weighted by atomic mass is 10.1. The summed E-state index contributed by atoms with van der Waals surface area (Å²) in [5.74, 6) is 0.0759. The van der Waals surface area contributed by atoms with Crippen molar-refractivity contribution >= 4 is 28.6 Å². The Morgan fingerprint density at radius 2 is 1.90 bits per heavy atom. The number of allylic oxidation sites excluding steroid dienone is 1. The summed E-state index contributed by atoms with van der Waals surface area (Å²) in [6.07, 6.45) is 1.66. The molecule has 3 aromatic rings. The highest BCUT2D eigenvalue weighted by Gasteiger charge is 2.16. The van der Waals surface area contributed by atoms with Crippen LogP contribution in [0.3, 0.4) is 0 Å². The first-order chi connectivity index (χ1) is 14.5. The number of nitrogens with zero attached hydrogens (tertiary/aromatic N) is 3. The van der Waals surface area contributed by atoms with E-state index in [1.54, 1.807) is 22.8 Å². The van der Waals surface area contributed by atoms with Crippen molar-refractivity contribution in [3.63, 3.8) is 0 Å². The molecule has 1 amide bonds. The summed E-state index contributed by atoms with van der Waals surface area (Å²) in [5.41, 5.74) is 1.65. The summed E-state index contributed by atoms with van der Waals surface area (Å²) in [7, 11) is 3.98. The average Bonchev–Trinajstić information content (AvgIpc) is 2.75. The molecule has 0 saturated heterocycles. The van der Waals surface area contributed by atoms with Gasteiger partial charge in [-0.3, -0.25) is 14.2 Å². The molecular formula is C23H26N4O2S. The number of aromatic nitrogens is 2. The zero-order valence-corrected chi connectivity index (χ0v) is 18.1. The Hall–Kier alpha value is -2.90. The van der Waals surface area contributed by atoms with E-state index in [4.69, 9.17) is 0 Å². The topological polar surface area (TPSA) is 67.2 Å². The van der Waals surface area contributed by atoms with Gasteiger partial charge in [0.2, 0.25) is 5.91 Å². The Bertz CT molecular complexity index is 1080. The van der Waals surface area contributed by atoms with E-state index < -0.39 is 0 Å². The van der Waals surface area contributed by atoms with E-state index in [9.17, 15) is 9.59 Å². The highest BCUT2D eigenvalue weighted by molar-refractivity contribution is 7.99. The van der Waals surface area contributed by atoms with Crippen molar-refractivity contribution < 1.29 is 4.79 Å². The first-order valence-corrected chi connectivity index (χ1v) is 10.7. The van der Waals surface area contributed by atoms with Gasteiger partial charge in [-0.05, 0) is 31.8 Å². The number of benzene rings is 2. The van der Waals surface area contributed by atoms with Gasteiger partial charge in [0, 0.05) is 13.1 Å². The van der Waals surface area contributed by atoms with Gasteiger partial charge in [0.05, 0.1) is 22.7 Å². The number of carbonyl (C=O) groups excluding carboxylic acids is 1. The molecule has 2 aromatic carbocycles. The molecule has 0 bridgehead atoms. The third-order valence-electron chi connectivity index (χ3n) is 4.77. The normalized spacial score (nSPS) is 12.1. The summed E-state index contributed by atoms with van der Waals surface area (Å²) < 4.78 is 1.56. The number of hydrogen-bond donors (Lipinski definition) is 1. The molecule has 30 heavy (non-hydrogen) atoms. The smallest absolute Gasteiger partial charge is 0.262 e. The fourth-order valence-electron chi connectivity index (χ4n) is 3.21. The Kier molecular flexibility index (Phi) is 7.43. The van der Waals surface area contributed by atoms with Crippen LogP contribution in [-0.4, -0.2) is 46.8 Å². The van der Waals surface area contributed by atoms with E-state index in [2.05, 4.69) is 33.9 Å². The molecule has 3 rings (SSSR count). The molecule has 0 radical (unpaired) electrons. The molecule has 0 aliphatic rings. The van der Waals surface area contributed by atoms with Gasteiger partial charge in [-0.2, -0.15) is 0 Å². The zero-order valence-electron chi connectivity index (χ0n) is 17.2. The van der Waals surface area contributed by atoms with Crippen molar-refractivity contribution in [2.75, 3.05) is 26.4 Å². The highest BCUT2D eigenvalue weighted by atomic mass is 32.2. The molecule has 1 heterocycles. The second kappa shape index (κ2) is 10.2. The van der Waals surface area contributed by atoms with Crippen LogP contribution in [-0.2, 0) is 11.3 Å². The minimum Gasteiger partial charge on any atom is -0.353 e. The van der Waals surface area contributed by atoms with Gasteiger partial charge in [0.1, 0.15) is 0 Å². The number of rotatable bonds is 9. The number of fused-ring (bicyclic) bond motifs is 1. The van der Waals surface area contributed by atoms with Crippen molar-refractivity contribution in [3.05, 3.63) is 83.2 Å². The second-order valence-electron chi connectivity index (χ2n) is 7.10. The van der Waals surface area contributed by atoms with Crippen molar-refractivity contribution in [3.8, 4) is 0 Å². The predicted octanol–water partition coefficient (Wildman–Crippen LogP) is 3.09. The first kappa shape index (κ1) is 21.8. The number of thioether (sulfide) groups is 1. The quantitative estimate of drug-likeness (QED) is 0.326. The van der Waals surface area contributed by atoms with E-state index in [-0.39, 0.29) is 23.3 Å². The van der Waals surface area contributed by atoms with Gasteiger partial charge in [-0.15, -0.1) is 6.58 Å². The number of hydrogen-bond acceptors (Lipinski definition) is 5. The molecule has 1 atom stereocenters. The molecule has 6 nitrogen and oxygen atoms in total. The van der Waals surface area contributed by atoms with Crippen molar-refractivity contribution in [2.45, 2.75) is 17.7 Å². The number of nitrogens with one attached hydrogen (secondary N) is 1. The summed E-state index contributed by atoms with van der Waals surface area (Å²) in [4.78, 5) is 32.0. The molecule has 156 valence electrons. The zero-order chi connectivity index (χ0) is 21.5. The van der Waals surface area contributed by atoms with Gasteiger partial charge in [0.25, 0.3) is 5.56 Å². The van der Waals surface area contributed by atoms with Crippen LogP contribution in [0.5, 0.6) is 0 Å². The Labute approximate surface area is 180 Å². The molecule has 0 fully saturated rings. The lowest BCUT2D eigenvalue weighted by Crippen LogP contribution is -2.35. The maximum Gasteiger partial charge on any atom is 0.262 e. The van der Waals surface area contributed by atoms with Crippen LogP contribution in [0.25, 0.3) is 10.9 Å². The number of amides is 1. The Morgan fingerprint density at radius 3 is 2.60 bits per heavy atom. The Morgan fingerprint density at radius 1 is 1.20 bits per heavy atom. The van der Waals surface area contributed by atoms with Crippen molar-refractivity contribution in [2.24, 2.45) is 0 Å². The van der Waals surface area contributed by atoms with Crippen LogP contribution in [0.1, 0.15) is 11.6 Å². The van der Waals surface area contributed by atoms with E-state index in [0.29, 0.717) is 29.1 Å². The molecule has 1 N–H and O–H groups in total. The van der Waals surface area contributed by atoms with Crippen molar-refractivity contribution in [1.82, 2.24) is 19.8 Å². The highest BCUT2D eigenvalue weighted by Crippen LogP contribution is 2.19. The summed E-state index contributed by atoms with van der Waals surface area (Å²) in [6.45, 7) is 4.57. The van der Waals surface area contributed by atoms with Crippen LogP contribution in [0, 0.1) is 0 Å². The number of para-hydroxylation sites is 1.